The predicted molar refractivity (Wildman–Crippen MR) is 81.1 cm³/mol. The molecular formula is C17H17NOS. The summed E-state index contributed by atoms with van der Waals surface area (Å²) in [6.45, 7) is 6.57. The van der Waals surface area contributed by atoms with E-state index in [1.54, 1.807) is 15.7 Å². The highest BCUT2D eigenvalue weighted by molar-refractivity contribution is 7.20. The summed E-state index contributed by atoms with van der Waals surface area (Å²) in [5.74, 6) is 0.0640. The molecule has 0 bridgehead atoms. The van der Waals surface area contributed by atoms with Crippen LogP contribution in [0.15, 0.2) is 48.7 Å². The van der Waals surface area contributed by atoms with Gasteiger partial charge in [0.05, 0.1) is 4.88 Å². The van der Waals surface area contributed by atoms with Crippen LogP contribution in [0.5, 0.6) is 5.88 Å². The van der Waals surface area contributed by atoms with E-state index in [9.17, 15) is 5.11 Å². The Labute approximate surface area is 123 Å². The number of aromatic nitrogens is 1. The second kappa shape index (κ2) is 4.60. The Bertz CT molecular complexity index is 751. The van der Waals surface area contributed by atoms with Crippen LogP contribution < -0.4 is 9.51 Å². The van der Waals surface area contributed by atoms with Gasteiger partial charge in [-0.3, -0.25) is 0 Å². The van der Waals surface area contributed by atoms with E-state index >= 15 is 0 Å². The van der Waals surface area contributed by atoms with Crippen LogP contribution in [-0.4, -0.2) is 0 Å². The lowest BCUT2D eigenvalue weighted by atomic mass is 9.86. The highest BCUT2D eigenvalue weighted by Gasteiger charge is 2.16. The molecule has 0 fully saturated rings. The zero-order chi connectivity index (χ0) is 14.3. The third kappa shape index (κ3) is 2.18. The average Bonchev–Trinajstić information content (AvgIpc) is 2.76. The molecule has 0 atom stereocenters. The highest BCUT2D eigenvalue weighted by Crippen LogP contribution is 2.33. The fraction of sp³-hybridized carbons (Fsp3) is 0.235. The van der Waals surface area contributed by atoms with Crippen molar-refractivity contribution in [1.82, 2.24) is 0 Å². The number of nitrogens with zero attached hydrogens (tertiary/aromatic N) is 1. The lowest BCUT2D eigenvalue weighted by Gasteiger charge is -2.19. The van der Waals surface area contributed by atoms with Gasteiger partial charge in [-0.1, -0.05) is 56.4 Å². The Balaban J connectivity index is 2.09. The van der Waals surface area contributed by atoms with Gasteiger partial charge >= 0.3 is 0 Å². The molecule has 0 amide bonds. The van der Waals surface area contributed by atoms with Gasteiger partial charge in [-0.15, -0.1) is 0 Å². The summed E-state index contributed by atoms with van der Waals surface area (Å²) in [6.07, 6.45) is 1.82. The topological polar surface area (TPSA) is 27.2 Å². The molecule has 0 N–H and O–H groups in total. The van der Waals surface area contributed by atoms with Gasteiger partial charge in [0.15, 0.2) is 12.1 Å². The normalized spacial score (nSPS) is 11.9. The van der Waals surface area contributed by atoms with Gasteiger partial charge in [0.1, 0.15) is 0 Å². The van der Waals surface area contributed by atoms with Crippen LogP contribution in [0.3, 0.4) is 0 Å². The first-order valence-electron chi connectivity index (χ1n) is 6.68. The molecule has 0 saturated carbocycles. The van der Waals surface area contributed by atoms with Crippen molar-refractivity contribution in [3.8, 4) is 16.3 Å². The molecule has 0 aliphatic heterocycles. The molecule has 102 valence electrons. The lowest BCUT2D eigenvalue weighted by Crippen LogP contribution is -2.22. The third-order valence-corrected chi connectivity index (χ3v) is 4.61. The number of hydrogen-bond donors (Lipinski definition) is 0. The molecule has 1 aromatic carbocycles. The Kier molecular flexibility index (Phi) is 3.02. The summed E-state index contributed by atoms with van der Waals surface area (Å²) in [6, 6.07) is 14.1. The van der Waals surface area contributed by atoms with Crippen LogP contribution in [0.4, 0.5) is 0 Å². The van der Waals surface area contributed by atoms with E-state index in [1.807, 2.05) is 36.5 Å². The molecule has 2 heterocycles. The number of rotatable bonds is 1. The Morgan fingerprint density at radius 3 is 2.30 bits per heavy atom. The minimum atomic E-state index is 0.0640. The Morgan fingerprint density at radius 1 is 1.00 bits per heavy atom. The van der Waals surface area contributed by atoms with E-state index in [0.29, 0.717) is 0 Å². The van der Waals surface area contributed by atoms with Crippen LogP contribution in [0.1, 0.15) is 26.3 Å². The molecule has 3 aromatic rings. The van der Waals surface area contributed by atoms with Crippen LogP contribution in [0.25, 0.3) is 15.3 Å². The Hall–Kier alpha value is -1.87. The summed E-state index contributed by atoms with van der Waals surface area (Å²) in [7, 11) is 0. The van der Waals surface area contributed by atoms with E-state index in [0.717, 1.165) is 15.3 Å². The third-order valence-electron chi connectivity index (χ3n) is 3.46. The van der Waals surface area contributed by atoms with Crippen LogP contribution >= 0.6 is 11.3 Å². The van der Waals surface area contributed by atoms with Crippen LogP contribution in [0, 0.1) is 0 Å². The van der Waals surface area contributed by atoms with Gasteiger partial charge in [0.2, 0.25) is 0 Å². The van der Waals surface area contributed by atoms with Crippen LogP contribution in [-0.2, 0) is 5.41 Å². The molecule has 2 aromatic heterocycles. The van der Waals surface area contributed by atoms with Crippen LogP contribution in [0.2, 0.25) is 0 Å². The van der Waals surface area contributed by atoms with Crippen molar-refractivity contribution in [2.45, 2.75) is 26.2 Å². The molecule has 3 rings (SSSR count). The first-order valence-corrected chi connectivity index (χ1v) is 7.49. The van der Waals surface area contributed by atoms with Crippen molar-refractivity contribution in [2.24, 2.45) is 0 Å². The van der Waals surface area contributed by atoms with Crippen molar-refractivity contribution in [2.75, 3.05) is 0 Å². The number of thiazole rings is 1. The molecule has 0 aliphatic carbocycles. The molecule has 0 radical (unpaired) electrons. The summed E-state index contributed by atoms with van der Waals surface area (Å²) in [5, 5.41) is 12.4. The second-order valence-corrected chi connectivity index (χ2v) is 7.00. The summed E-state index contributed by atoms with van der Waals surface area (Å²) >= 11 is 1.54. The molecule has 0 spiro atoms. The standard InChI is InChI=1S/C17H17NOS/c1-17(2,3)13-9-7-12(8-10-13)15-16(19)18-11-5-4-6-14(18)20-15/h4-11H,1-3H3. The van der Waals surface area contributed by atoms with E-state index in [2.05, 4.69) is 32.9 Å². The first-order chi connectivity index (χ1) is 9.47. The number of hydrogen-bond acceptors (Lipinski definition) is 2. The largest absolute Gasteiger partial charge is 0.822 e. The zero-order valence-corrected chi connectivity index (χ0v) is 12.7. The van der Waals surface area contributed by atoms with E-state index < -0.39 is 0 Å². The van der Waals surface area contributed by atoms with Gasteiger partial charge < -0.3 is 5.11 Å². The molecule has 0 unspecified atom stereocenters. The fourth-order valence-electron chi connectivity index (χ4n) is 2.24. The van der Waals surface area contributed by atoms with Gasteiger partial charge in [0.25, 0.3) is 4.83 Å². The number of pyridine rings is 1. The molecular weight excluding hydrogens is 266 g/mol. The SMILES string of the molecule is CC(C)(C)c1ccc(-c2sc3cccc[n+]3c2[O-])cc1. The summed E-state index contributed by atoms with van der Waals surface area (Å²) < 4.78 is 1.71. The van der Waals surface area contributed by atoms with E-state index in [4.69, 9.17) is 0 Å². The quantitative estimate of drug-likeness (QED) is 0.628. The average molecular weight is 283 g/mol. The van der Waals surface area contributed by atoms with Crippen molar-refractivity contribution >= 4 is 16.2 Å². The Morgan fingerprint density at radius 2 is 1.70 bits per heavy atom. The van der Waals surface area contributed by atoms with Gasteiger partial charge in [-0.05, 0) is 22.6 Å². The van der Waals surface area contributed by atoms with Crippen molar-refractivity contribution in [3.63, 3.8) is 0 Å². The fourth-order valence-corrected chi connectivity index (χ4v) is 3.28. The van der Waals surface area contributed by atoms with Crippen molar-refractivity contribution in [1.29, 1.82) is 0 Å². The lowest BCUT2D eigenvalue weighted by molar-refractivity contribution is -0.580. The molecule has 3 heteroatoms. The monoisotopic (exact) mass is 283 g/mol. The molecule has 2 nitrogen and oxygen atoms in total. The smallest absolute Gasteiger partial charge is 0.267 e. The first kappa shape index (κ1) is 13.1. The van der Waals surface area contributed by atoms with Gasteiger partial charge in [-0.25, -0.2) is 0 Å². The molecule has 0 saturated heterocycles. The number of fused-ring (bicyclic) bond motifs is 1. The maximum atomic E-state index is 12.4. The summed E-state index contributed by atoms with van der Waals surface area (Å²) in [4.78, 5) is 1.78. The van der Waals surface area contributed by atoms with E-state index in [1.165, 1.54) is 5.56 Å². The second-order valence-electron chi connectivity index (χ2n) is 5.97. The minimum Gasteiger partial charge on any atom is -0.822 e. The van der Waals surface area contributed by atoms with Crippen molar-refractivity contribution in [3.05, 3.63) is 54.2 Å². The highest BCUT2D eigenvalue weighted by atomic mass is 32.1. The maximum Gasteiger partial charge on any atom is 0.267 e. The van der Waals surface area contributed by atoms with Gasteiger partial charge in [-0.2, -0.15) is 4.40 Å². The maximum absolute atomic E-state index is 12.4. The number of benzene rings is 1. The zero-order valence-electron chi connectivity index (χ0n) is 11.9. The van der Waals surface area contributed by atoms with E-state index in [-0.39, 0.29) is 11.3 Å². The summed E-state index contributed by atoms with van der Waals surface area (Å²) in [5.41, 5.74) is 2.41. The molecule has 0 aliphatic rings. The predicted octanol–water partition coefficient (Wildman–Crippen LogP) is 3.52. The molecule has 20 heavy (non-hydrogen) atoms. The van der Waals surface area contributed by atoms with Crippen molar-refractivity contribution < 1.29 is 9.51 Å². The van der Waals surface area contributed by atoms with Gasteiger partial charge in [0, 0.05) is 12.1 Å². The minimum absolute atomic E-state index is 0.0640.